The maximum Gasteiger partial charge on any atom is 0.191 e. The molecule has 1 saturated heterocycles. The number of hydrogen-bond donors (Lipinski definition) is 2. The van der Waals surface area contributed by atoms with Gasteiger partial charge in [-0.15, -0.1) is 24.0 Å². The van der Waals surface area contributed by atoms with Gasteiger partial charge in [-0.05, 0) is 64.1 Å². The predicted octanol–water partition coefficient (Wildman–Crippen LogP) is 3.04. The van der Waals surface area contributed by atoms with Gasteiger partial charge in [0.25, 0.3) is 0 Å². The molecule has 0 bridgehead atoms. The Morgan fingerprint density at radius 2 is 1.88 bits per heavy atom. The van der Waals surface area contributed by atoms with Crippen LogP contribution in [-0.2, 0) is 6.54 Å². The van der Waals surface area contributed by atoms with Crippen LogP contribution in [0.4, 0.5) is 0 Å². The minimum atomic E-state index is 0. The average Bonchev–Trinajstić information content (AvgIpc) is 2.82. The summed E-state index contributed by atoms with van der Waals surface area (Å²) in [6.45, 7) is 10.5. The number of halogens is 2. The molecule has 2 rings (SSSR count). The number of nitrogens with one attached hydrogen (secondary N) is 2. The van der Waals surface area contributed by atoms with Gasteiger partial charge in [-0.3, -0.25) is 0 Å². The van der Waals surface area contributed by atoms with Crippen molar-refractivity contribution in [3.05, 3.63) is 34.9 Å². The third-order valence-corrected chi connectivity index (χ3v) is 4.68. The van der Waals surface area contributed by atoms with E-state index in [1.54, 1.807) is 0 Å². The van der Waals surface area contributed by atoms with E-state index in [-0.39, 0.29) is 24.0 Å². The lowest BCUT2D eigenvalue weighted by molar-refractivity contribution is 0.274. The summed E-state index contributed by atoms with van der Waals surface area (Å²) in [5.74, 6) is 0.882. The van der Waals surface area contributed by atoms with Crippen LogP contribution in [0.25, 0.3) is 0 Å². The predicted molar refractivity (Wildman–Crippen MR) is 123 cm³/mol. The van der Waals surface area contributed by atoms with E-state index < -0.39 is 0 Å². The molecule has 148 valence electrons. The number of rotatable bonds is 7. The normalized spacial score (nSPS) is 16.7. The summed E-state index contributed by atoms with van der Waals surface area (Å²) in [6.07, 6.45) is 2.41. The quantitative estimate of drug-likeness (QED) is 0.265. The van der Waals surface area contributed by atoms with Gasteiger partial charge in [0.15, 0.2) is 5.96 Å². The molecule has 0 radical (unpaired) electrons. The van der Waals surface area contributed by atoms with Gasteiger partial charge in [0, 0.05) is 31.2 Å². The smallest absolute Gasteiger partial charge is 0.191 e. The minimum Gasteiger partial charge on any atom is -0.357 e. The van der Waals surface area contributed by atoms with E-state index in [0.717, 1.165) is 42.6 Å². The van der Waals surface area contributed by atoms with Gasteiger partial charge < -0.3 is 20.4 Å². The van der Waals surface area contributed by atoms with Crippen LogP contribution < -0.4 is 10.6 Å². The van der Waals surface area contributed by atoms with Crippen molar-refractivity contribution in [2.75, 3.05) is 52.9 Å². The number of guanidine groups is 1. The molecule has 1 aromatic rings. The summed E-state index contributed by atoms with van der Waals surface area (Å²) in [7, 11) is 2.21. The zero-order valence-corrected chi connectivity index (χ0v) is 19.1. The lowest BCUT2D eigenvalue weighted by Gasteiger charge is -2.20. The molecule has 1 aliphatic rings. The topological polar surface area (TPSA) is 42.9 Å². The Morgan fingerprint density at radius 1 is 1.12 bits per heavy atom. The molecule has 7 heteroatoms. The van der Waals surface area contributed by atoms with E-state index in [4.69, 9.17) is 11.6 Å². The first-order chi connectivity index (χ1) is 12.2. The molecule has 0 aliphatic carbocycles. The minimum absolute atomic E-state index is 0. The molecule has 2 N–H and O–H groups in total. The first-order valence-electron chi connectivity index (χ1n) is 9.35. The highest BCUT2D eigenvalue weighted by Crippen LogP contribution is 2.10. The number of likely N-dealkylation sites (N-methyl/N-ethyl adjacent to an activating group) is 1. The van der Waals surface area contributed by atoms with E-state index in [1.165, 1.54) is 32.6 Å². The van der Waals surface area contributed by atoms with Crippen LogP contribution >= 0.6 is 35.6 Å². The monoisotopic (exact) mass is 493 g/mol. The molecule has 0 atom stereocenters. The molecule has 0 aromatic heterocycles. The summed E-state index contributed by atoms with van der Waals surface area (Å²) in [5, 5.41) is 7.51. The van der Waals surface area contributed by atoms with Gasteiger partial charge in [0.2, 0.25) is 0 Å². The van der Waals surface area contributed by atoms with Crippen LogP contribution in [0.15, 0.2) is 29.3 Å². The molecule has 5 nitrogen and oxygen atoms in total. The Balaban J connectivity index is 0.00000338. The van der Waals surface area contributed by atoms with Crippen LogP contribution in [0.3, 0.4) is 0 Å². The van der Waals surface area contributed by atoms with Crippen molar-refractivity contribution in [1.82, 2.24) is 20.4 Å². The number of nitrogens with zero attached hydrogens (tertiary/aromatic N) is 3. The Bertz CT molecular complexity index is 523. The summed E-state index contributed by atoms with van der Waals surface area (Å²) in [5.41, 5.74) is 1.16. The highest BCUT2D eigenvalue weighted by molar-refractivity contribution is 14.0. The molecular weight excluding hydrogens is 461 g/mol. The summed E-state index contributed by atoms with van der Waals surface area (Å²) in [6, 6.07) is 7.86. The van der Waals surface area contributed by atoms with Crippen molar-refractivity contribution in [3.8, 4) is 0 Å². The standard InChI is InChI=1S/C19H32ClN5.HI/c1-3-21-19(23-16-17-6-8-18(20)9-7-17)22-10-4-12-25-13-5-11-24(2)14-15-25;/h6-9H,3-5,10-16H2,1-2H3,(H2,21,22,23);1H. The van der Waals surface area contributed by atoms with Crippen molar-refractivity contribution >= 4 is 41.5 Å². The van der Waals surface area contributed by atoms with Crippen LogP contribution in [0.5, 0.6) is 0 Å². The summed E-state index contributed by atoms with van der Waals surface area (Å²) in [4.78, 5) is 9.65. The Labute approximate surface area is 180 Å². The molecule has 0 spiro atoms. The zero-order chi connectivity index (χ0) is 17.9. The Morgan fingerprint density at radius 3 is 2.62 bits per heavy atom. The van der Waals surface area contributed by atoms with Gasteiger partial charge in [-0.2, -0.15) is 0 Å². The van der Waals surface area contributed by atoms with Crippen molar-refractivity contribution in [3.63, 3.8) is 0 Å². The SMILES string of the molecule is CCNC(=NCc1ccc(Cl)cc1)NCCCN1CCCN(C)CC1.I. The van der Waals surface area contributed by atoms with Crippen molar-refractivity contribution < 1.29 is 0 Å². The summed E-state index contributed by atoms with van der Waals surface area (Å²) >= 11 is 5.92. The van der Waals surface area contributed by atoms with Gasteiger partial charge in [-0.25, -0.2) is 4.99 Å². The largest absolute Gasteiger partial charge is 0.357 e. The zero-order valence-electron chi connectivity index (χ0n) is 16.0. The van der Waals surface area contributed by atoms with E-state index in [0.29, 0.717) is 6.54 Å². The molecule has 1 fully saturated rings. The summed E-state index contributed by atoms with van der Waals surface area (Å²) < 4.78 is 0. The molecule has 1 heterocycles. The fraction of sp³-hybridized carbons (Fsp3) is 0.632. The Hall–Kier alpha value is -0.570. The van der Waals surface area contributed by atoms with Gasteiger partial charge in [0.1, 0.15) is 0 Å². The third-order valence-electron chi connectivity index (χ3n) is 4.43. The highest BCUT2D eigenvalue weighted by atomic mass is 127. The lowest BCUT2D eigenvalue weighted by Crippen LogP contribution is -2.39. The average molecular weight is 494 g/mol. The fourth-order valence-electron chi connectivity index (χ4n) is 2.93. The lowest BCUT2D eigenvalue weighted by atomic mass is 10.2. The molecule has 0 amide bonds. The van der Waals surface area contributed by atoms with E-state index in [9.17, 15) is 0 Å². The van der Waals surface area contributed by atoms with Crippen molar-refractivity contribution in [1.29, 1.82) is 0 Å². The van der Waals surface area contributed by atoms with Crippen LogP contribution in [-0.4, -0.2) is 68.6 Å². The highest BCUT2D eigenvalue weighted by Gasteiger charge is 2.11. The molecule has 1 aliphatic heterocycles. The maximum absolute atomic E-state index is 5.92. The van der Waals surface area contributed by atoms with E-state index in [2.05, 4.69) is 39.4 Å². The molecule has 0 saturated carbocycles. The fourth-order valence-corrected chi connectivity index (χ4v) is 3.06. The van der Waals surface area contributed by atoms with Crippen LogP contribution in [0.2, 0.25) is 5.02 Å². The first-order valence-corrected chi connectivity index (χ1v) is 9.72. The molecule has 0 unspecified atom stereocenters. The number of hydrogen-bond acceptors (Lipinski definition) is 3. The number of aliphatic imine (C=N–C) groups is 1. The van der Waals surface area contributed by atoms with Gasteiger partial charge in [0.05, 0.1) is 6.54 Å². The van der Waals surface area contributed by atoms with Crippen molar-refractivity contribution in [2.45, 2.75) is 26.3 Å². The van der Waals surface area contributed by atoms with E-state index in [1.807, 2.05) is 24.3 Å². The maximum atomic E-state index is 5.92. The second-order valence-electron chi connectivity index (χ2n) is 6.60. The molecule has 1 aromatic carbocycles. The molecule has 26 heavy (non-hydrogen) atoms. The number of benzene rings is 1. The Kier molecular flexibility index (Phi) is 12.3. The molecular formula is C19H33ClIN5. The van der Waals surface area contributed by atoms with Crippen LogP contribution in [0, 0.1) is 0 Å². The van der Waals surface area contributed by atoms with Gasteiger partial charge >= 0.3 is 0 Å². The second kappa shape index (κ2) is 13.6. The second-order valence-corrected chi connectivity index (χ2v) is 7.04. The third kappa shape index (κ3) is 9.39. The van der Waals surface area contributed by atoms with Gasteiger partial charge in [-0.1, -0.05) is 23.7 Å². The van der Waals surface area contributed by atoms with Crippen LogP contribution in [0.1, 0.15) is 25.3 Å². The first kappa shape index (κ1) is 23.5. The van der Waals surface area contributed by atoms with E-state index >= 15 is 0 Å². The van der Waals surface area contributed by atoms with Crippen molar-refractivity contribution in [2.24, 2.45) is 4.99 Å².